The van der Waals surface area contributed by atoms with Gasteiger partial charge in [-0.25, -0.2) is 4.98 Å². The summed E-state index contributed by atoms with van der Waals surface area (Å²) in [7, 11) is -1.09. The number of ether oxygens (including phenoxy) is 1. The second-order valence-electron chi connectivity index (χ2n) is 6.93. The Labute approximate surface area is 128 Å². The van der Waals surface area contributed by atoms with Crippen LogP contribution in [-0.4, -0.2) is 35.3 Å². The molecule has 0 spiro atoms. The average Bonchev–Trinajstić information content (AvgIpc) is 2.74. The Bertz CT molecular complexity index is 464. The summed E-state index contributed by atoms with van der Waals surface area (Å²) >= 11 is 0. The lowest BCUT2D eigenvalue weighted by Gasteiger charge is -2.17. The van der Waals surface area contributed by atoms with Crippen molar-refractivity contribution in [2.45, 2.75) is 65.0 Å². The lowest BCUT2D eigenvalue weighted by atomic mass is 10.2. The number of rotatable bonds is 9. The summed E-state index contributed by atoms with van der Waals surface area (Å²) in [6.45, 7) is 12.4. The van der Waals surface area contributed by atoms with Crippen molar-refractivity contribution < 1.29 is 14.6 Å². The number of aromatic nitrogens is 2. The first-order valence-corrected chi connectivity index (χ1v) is 11.3. The lowest BCUT2D eigenvalue weighted by molar-refractivity contribution is -0.137. The minimum atomic E-state index is -1.09. The van der Waals surface area contributed by atoms with Crippen molar-refractivity contribution in [3.8, 4) is 0 Å². The molecule has 1 rings (SSSR count). The molecule has 21 heavy (non-hydrogen) atoms. The highest BCUT2D eigenvalue weighted by atomic mass is 28.3. The van der Waals surface area contributed by atoms with E-state index in [0.717, 1.165) is 24.2 Å². The number of aliphatic carboxylic acids is 1. The monoisotopic (exact) mass is 312 g/mol. The van der Waals surface area contributed by atoms with Crippen LogP contribution in [0.15, 0.2) is 6.20 Å². The fourth-order valence-electron chi connectivity index (χ4n) is 2.01. The Balaban J connectivity index is 2.67. The van der Waals surface area contributed by atoms with Crippen LogP contribution in [0.5, 0.6) is 0 Å². The molecule has 0 saturated carbocycles. The number of aryl methyl sites for hydroxylation is 1. The van der Waals surface area contributed by atoms with Gasteiger partial charge in [0.2, 0.25) is 0 Å². The van der Waals surface area contributed by atoms with Crippen LogP contribution >= 0.6 is 0 Å². The summed E-state index contributed by atoms with van der Waals surface area (Å²) in [5, 5.41) is 8.83. The Kier molecular flexibility index (Phi) is 6.61. The van der Waals surface area contributed by atoms with E-state index in [0.29, 0.717) is 19.1 Å². The predicted octanol–water partition coefficient (Wildman–Crippen LogP) is 3.34. The normalized spacial score (nSPS) is 12.1. The average molecular weight is 312 g/mol. The summed E-state index contributed by atoms with van der Waals surface area (Å²) in [4.78, 5) is 15.2. The lowest BCUT2D eigenvalue weighted by Crippen LogP contribution is -2.22. The predicted molar refractivity (Wildman–Crippen MR) is 86.4 cm³/mol. The third kappa shape index (κ3) is 6.43. The standard InChI is InChI=1S/C15H28N2O3Si/c1-12(2)15-16-10-13(6-7-14(18)19)17(15)11-20-8-9-21(3,4)5/h10,12H,6-9,11H2,1-5H3,(H,18,19). The van der Waals surface area contributed by atoms with E-state index in [4.69, 9.17) is 9.84 Å². The smallest absolute Gasteiger partial charge is 0.303 e. The van der Waals surface area contributed by atoms with Gasteiger partial charge in [0.15, 0.2) is 0 Å². The van der Waals surface area contributed by atoms with Crippen molar-refractivity contribution in [3.05, 3.63) is 17.7 Å². The van der Waals surface area contributed by atoms with E-state index in [1.165, 1.54) is 0 Å². The molecule has 0 unspecified atom stereocenters. The van der Waals surface area contributed by atoms with E-state index in [1.54, 1.807) is 6.20 Å². The van der Waals surface area contributed by atoms with Crippen molar-refractivity contribution in [1.82, 2.24) is 9.55 Å². The molecular weight excluding hydrogens is 284 g/mol. The molecule has 1 aromatic rings. The fourth-order valence-corrected chi connectivity index (χ4v) is 2.76. The molecule has 0 atom stereocenters. The Hall–Kier alpha value is -1.14. The van der Waals surface area contributed by atoms with Crippen molar-refractivity contribution in [1.29, 1.82) is 0 Å². The van der Waals surface area contributed by atoms with Gasteiger partial charge in [-0.15, -0.1) is 0 Å². The van der Waals surface area contributed by atoms with Crippen LogP contribution < -0.4 is 0 Å². The first-order chi connectivity index (χ1) is 9.70. The quantitative estimate of drug-likeness (QED) is 0.561. The van der Waals surface area contributed by atoms with Gasteiger partial charge in [-0.2, -0.15) is 0 Å². The Morgan fingerprint density at radius 2 is 2.10 bits per heavy atom. The zero-order valence-electron chi connectivity index (χ0n) is 13.8. The molecular formula is C15H28N2O3Si. The first kappa shape index (κ1) is 17.9. The minimum absolute atomic E-state index is 0.123. The summed E-state index contributed by atoms with van der Waals surface area (Å²) in [5.41, 5.74) is 0.939. The van der Waals surface area contributed by atoms with Gasteiger partial charge >= 0.3 is 5.97 Å². The maximum atomic E-state index is 10.7. The van der Waals surface area contributed by atoms with E-state index < -0.39 is 14.0 Å². The van der Waals surface area contributed by atoms with Crippen LogP contribution in [0.4, 0.5) is 0 Å². The van der Waals surface area contributed by atoms with Crippen LogP contribution in [-0.2, 0) is 22.7 Å². The molecule has 0 aromatic carbocycles. The minimum Gasteiger partial charge on any atom is -0.481 e. The molecule has 1 aromatic heterocycles. The van der Waals surface area contributed by atoms with E-state index in [-0.39, 0.29) is 6.42 Å². The molecule has 1 heterocycles. The first-order valence-electron chi connectivity index (χ1n) is 7.54. The molecule has 5 nitrogen and oxygen atoms in total. The van der Waals surface area contributed by atoms with Crippen molar-refractivity contribution in [2.75, 3.05) is 6.61 Å². The number of hydrogen-bond donors (Lipinski definition) is 1. The molecule has 0 aliphatic carbocycles. The highest BCUT2D eigenvalue weighted by molar-refractivity contribution is 6.76. The number of carboxylic acids is 1. The Morgan fingerprint density at radius 3 is 2.62 bits per heavy atom. The van der Waals surface area contributed by atoms with E-state index in [2.05, 4.69) is 38.5 Å². The molecule has 0 fully saturated rings. The largest absolute Gasteiger partial charge is 0.481 e. The second kappa shape index (κ2) is 7.75. The van der Waals surface area contributed by atoms with E-state index in [1.807, 2.05) is 4.57 Å². The maximum absolute atomic E-state index is 10.7. The third-order valence-corrected chi connectivity index (χ3v) is 5.00. The molecule has 0 bridgehead atoms. The molecule has 0 aliphatic heterocycles. The molecule has 120 valence electrons. The van der Waals surface area contributed by atoms with Crippen molar-refractivity contribution in [3.63, 3.8) is 0 Å². The van der Waals surface area contributed by atoms with Gasteiger partial charge in [0.25, 0.3) is 0 Å². The molecule has 0 aliphatic rings. The van der Waals surface area contributed by atoms with Gasteiger partial charge in [-0.1, -0.05) is 33.5 Å². The zero-order valence-corrected chi connectivity index (χ0v) is 14.8. The van der Waals surface area contributed by atoms with Crippen molar-refractivity contribution >= 4 is 14.0 Å². The zero-order chi connectivity index (χ0) is 16.0. The van der Waals surface area contributed by atoms with Gasteiger partial charge in [-0.05, 0) is 12.5 Å². The number of carbonyl (C=O) groups is 1. The van der Waals surface area contributed by atoms with E-state index >= 15 is 0 Å². The highest BCUT2D eigenvalue weighted by Gasteiger charge is 2.15. The van der Waals surface area contributed by atoms with Crippen molar-refractivity contribution in [2.24, 2.45) is 0 Å². The number of hydrogen-bond acceptors (Lipinski definition) is 3. The SMILES string of the molecule is CC(C)c1ncc(CCC(=O)O)n1COCC[Si](C)(C)C. The fraction of sp³-hybridized carbons (Fsp3) is 0.733. The maximum Gasteiger partial charge on any atom is 0.303 e. The third-order valence-electron chi connectivity index (χ3n) is 3.30. The molecule has 0 saturated heterocycles. The molecule has 1 N–H and O–H groups in total. The van der Waals surface area contributed by atoms with Crippen LogP contribution in [0, 0.1) is 0 Å². The summed E-state index contributed by atoms with van der Waals surface area (Å²) in [6.07, 6.45) is 2.39. The van der Waals surface area contributed by atoms with E-state index in [9.17, 15) is 4.79 Å². The Morgan fingerprint density at radius 1 is 1.43 bits per heavy atom. The van der Waals surface area contributed by atoms with Crippen LogP contribution in [0.2, 0.25) is 25.7 Å². The van der Waals surface area contributed by atoms with Gasteiger partial charge in [0, 0.05) is 32.5 Å². The summed E-state index contributed by atoms with van der Waals surface area (Å²) in [6, 6.07) is 1.13. The highest BCUT2D eigenvalue weighted by Crippen LogP contribution is 2.17. The van der Waals surface area contributed by atoms with Crippen LogP contribution in [0.3, 0.4) is 0 Å². The summed E-state index contributed by atoms with van der Waals surface area (Å²) in [5.74, 6) is 0.473. The molecule has 0 radical (unpaired) electrons. The van der Waals surface area contributed by atoms with Gasteiger partial charge < -0.3 is 14.4 Å². The number of imidazole rings is 1. The molecule has 6 heteroatoms. The van der Waals surface area contributed by atoms with Gasteiger partial charge in [-0.3, -0.25) is 4.79 Å². The topological polar surface area (TPSA) is 64.3 Å². The van der Waals surface area contributed by atoms with Crippen LogP contribution in [0.1, 0.15) is 37.7 Å². The number of carboxylic acid groups (broad SMARTS) is 1. The van der Waals surface area contributed by atoms with Crippen LogP contribution in [0.25, 0.3) is 0 Å². The molecule has 0 amide bonds. The van der Waals surface area contributed by atoms with Gasteiger partial charge in [0.05, 0.1) is 6.42 Å². The second-order valence-corrected chi connectivity index (χ2v) is 12.6. The summed E-state index contributed by atoms with van der Waals surface area (Å²) < 4.78 is 7.83. The van der Waals surface area contributed by atoms with Gasteiger partial charge in [0.1, 0.15) is 12.6 Å². The number of nitrogens with zero attached hydrogens (tertiary/aromatic N) is 2.